The molecule has 0 aromatic heterocycles. The van der Waals surface area contributed by atoms with Gasteiger partial charge in [0, 0.05) is 26.1 Å². The number of benzene rings is 1. The van der Waals surface area contributed by atoms with Gasteiger partial charge in [-0.1, -0.05) is 26.0 Å². The van der Waals surface area contributed by atoms with E-state index < -0.39 is 6.04 Å². The summed E-state index contributed by atoms with van der Waals surface area (Å²) >= 11 is 0. The van der Waals surface area contributed by atoms with Crippen LogP contribution in [-0.2, 0) is 20.8 Å². The summed E-state index contributed by atoms with van der Waals surface area (Å²) in [5.41, 5.74) is 0.900. The number of nitrogens with one attached hydrogen (secondary N) is 1. The second-order valence-corrected chi connectivity index (χ2v) is 8.49. The first-order valence-electron chi connectivity index (χ1n) is 10.3. The van der Waals surface area contributed by atoms with Crippen molar-refractivity contribution in [3.05, 3.63) is 29.8 Å². The minimum atomic E-state index is -0.437. The van der Waals surface area contributed by atoms with E-state index in [4.69, 9.17) is 4.74 Å². The van der Waals surface area contributed by atoms with Crippen molar-refractivity contribution >= 4 is 17.7 Å². The lowest BCUT2D eigenvalue weighted by Gasteiger charge is -2.43. The maximum Gasteiger partial charge on any atom is 0.245 e. The molecule has 1 aromatic rings. The molecule has 3 amide bonds. The quantitative estimate of drug-likeness (QED) is 0.785. The van der Waals surface area contributed by atoms with E-state index in [0.717, 1.165) is 11.3 Å². The van der Waals surface area contributed by atoms with E-state index in [1.807, 2.05) is 29.2 Å². The molecule has 1 aromatic carbocycles. The Kier molecular flexibility index (Phi) is 6.45. The van der Waals surface area contributed by atoms with Crippen LogP contribution < -0.4 is 10.1 Å². The zero-order chi connectivity index (χ0) is 21.1. The average Bonchev–Trinajstić information content (AvgIpc) is 3.06. The molecule has 0 radical (unpaired) electrons. The lowest BCUT2D eigenvalue weighted by molar-refractivity contribution is -0.154. The molecule has 7 nitrogen and oxygen atoms in total. The van der Waals surface area contributed by atoms with Gasteiger partial charge in [-0.3, -0.25) is 14.4 Å². The number of methoxy groups -OCH3 is 1. The fraction of sp³-hybridized carbons (Fsp3) is 0.591. The van der Waals surface area contributed by atoms with Crippen LogP contribution in [0.2, 0.25) is 0 Å². The molecule has 2 heterocycles. The van der Waals surface area contributed by atoms with E-state index in [2.05, 4.69) is 19.2 Å². The molecule has 0 saturated carbocycles. The van der Waals surface area contributed by atoms with Gasteiger partial charge >= 0.3 is 0 Å². The lowest BCUT2D eigenvalue weighted by Crippen LogP contribution is -2.61. The number of ether oxygens (including phenoxy) is 1. The van der Waals surface area contributed by atoms with Crippen molar-refractivity contribution in [3.63, 3.8) is 0 Å². The summed E-state index contributed by atoms with van der Waals surface area (Å²) in [7, 11) is 1.61. The highest BCUT2D eigenvalue weighted by atomic mass is 16.5. The van der Waals surface area contributed by atoms with Crippen molar-refractivity contribution in [2.75, 3.05) is 20.2 Å². The van der Waals surface area contributed by atoms with Crippen LogP contribution in [0.1, 0.15) is 39.2 Å². The third-order valence-corrected chi connectivity index (χ3v) is 5.70. The highest BCUT2D eigenvalue weighted by molar-refractivity contribution is 5.90. The third-order valence-electron chi connectivity index (χ3n) is 5.70. The highest BCUT2D eigenvalue weighted by Crippen LogP contribution is 2.29. The zero-order valence-electron chi connectivity index (χ0n) is 17.7. The summed E-state index contributed by atoms with van der Waals surface area (Å²) in [4.78, 5) is 41.5. The first-order chi connectivity index (χ1) is 13.8. The van der Waals surface area contributed by atoms with Crippen LogP contribution in [0.5, 0.6) is 5.75 Å². The Hall–Kier alpha value is -2.57. The molecule has 0 unspecified atom stereocenters. The number of fused-ring (bicyclic) bond motifs is 1. The molecule has 0 spiro atoms. The second-order valence-electron chi connectivity index (χ2n) is 8.49. The van der Waals surface area contributed by atoms with E-state index in [1.54, 1.807) is 12.0 Å². The third kappa shape index (κ3) is 4.89. The standard InChI is InChI=1S/C22H31N3O4/c1-14(2)9-20-22(28)24-12-17(23-15(3)26)11-18(24)13-25(20)21(27)10-16-5-7-19(29-4)8-6-16/h5-8,14,17-18,20H,9-13H2,1-4H3,(H,23,26)/t17-,18-,20-/m0/s1. The minimum Gasteiger partial charge on any atom is -0.497 e. The summed E-state index contributed by atoms with van der Waals surface area (Å²) in [6, 6.07) is 6.93. The number of piperazine rings is 1. The van der Waals surface area contributed by atoms with Gasteiger partial charge in [-0.2, -0.15) is 0 Å². The summed E-state index contributed by atoms with van der Waals surface area (Å²) in [5, 5.41) is 2.92. The SMILES string of the molecule is COc1ccc(CC(=O)N2C[C@@H]3C[C@H](NC(C)=O)CN3C(=O)[C@@H]2CC(C)C)cc1. The molecule has 0 bridgehead atoms. The van der Waals surface area contributed by atoms with Crippen LogP contribution in [-0.4, -0.2) is 65.8 Å². The van der Waals surface area contributed by atoms with Gasteiger partial charge in [-0.15, -0.1) is 0 Å². The number of rotatable bonds is 6. The van der Waals surface area contributed by atoms with Crippen molar-refractivity contribution in [1.82, 2.24) is 15.1 Å². The second kappa shape index (κ2) is 8.84. The first-order valence-corrected chi connectivity index (χ1v) is 10.3. The molecule has 2 saturated heterocycles. The molecule has 3 atom stereocenters. The van der Waals surface area contributed by atoms with Gasteiger partial charge in [0.15, 0.2) is 0 Å². The molecule has 158 valence electrons. The molecule has 29 heavy (non-hydrogen) atoms. The first kappa shape index (κ1) is 21.1. The average molecular weight is 402 g/mol. The Balaban J connectivity index is 1.76. The minimum absolute atomic E-state index is 0.00545. The van der Waals surface area contributed by atoms with Crippen LogP contribution in [0.25, 0.3) is 0 Å². The molecule has 0 aliphatic carbocycles. The summed E-state index contributed by atoms with van der Waals surface area (Å²) in [6.45, 7) is 6.67. The number of amides is 3. The number of carbonyl (C=O) groups is 3. The summed E-state index contributed by atoms with van der Waals surface area (Å²) < 4.78 is 5.17. The van der Waals surface area contributed by atoms with E-state index in [9.17, 15) is 14.4 Å². The lowest BCUT2D eigenvalue weighted by atomic mass is 9.96. The van der Waals surface area contributed by atoms with Gasteiger partial charge in [0.2, 0.25) is 17.7 Å². The van der Waals surface area contributed by atoms with Crippen LogP contribution in [0.15, 0.2) is 24.3 Å². The van der Waals surface area contributed by atoms with Crippen LogP contribution in [0.3, 0.4) is 0 Å². The monoisotopic (exact) mass is 401 g/mol. The van der Waals surface area contributed by atoms with Gasteiger partial charge in [0.1, 0.15) is 11.8 Å². The van der Waals surface area contributed by atoms with Gasteiger partial charge in [0.05, 0.1) is 19.6 Å². The maximum atomic E-state index is 13.2. The van der Waals surface area contributed by atoms with Gasteiger partial charge in [0.25, 0.3) is 0 Å². The topological polar surface area (TPSA) is 79.0 Å². The van der Waals surface area contributed by atoms with Crippen molar-refractivity contribution < 1.29 is 19.1 Å². The number of hydrogen-bond acceptors (Lipinski definition) is 4. The molecule has 7 heteroatoms. The van der Waals surface area contributed by atoms with E-state index >= 15 is 0 Å². The van der Waals surface area contributed by atoms with Gasteiger partial charge in [-0.05, 0) is 36.5 Å². The largest absolute Gasteiger partial charge is 0.497 e. The van der Waals surface area contributed by atoms with Crippen molar-refractivity contribution in [2.24, 2.45) is 5.92 Å². The van der Waals surface area contributed by atoms with Crippen LogP contribution >= 0.6 is 0 Å². The molecular weight excluding hydrogens is 370 g/mol. The number of hydrogen-bond donors (Lipinski definition) is 1. The van der Waals surface area contributed by atoms with E-state index in [-0.39, 0.29) is 36.2 Å². The molecule has 2 aliphatic heterocycles. The van der Waals surface area contributed by atoms with E-state index in [0.29, 0.717) is 31.8 Å². The Bertz CT molecular complexity index is 762. The zero-order valence-corrected chi connectivity index (χ0v) is 17.7. The molecule has 3 rings (SSSR count). The van der Waals surface area contributed by atoms with Crippen molar-refractivity contribution in [1.29, 1.82) is 0 Å². The molecule has 2 fully saturated rings. The van der Waals surface area contributed by atoms with Crippen LogP contribution in [0.4, 0.5) is 0 Å². The molecule has 2 aliphatic rings. The molecule has 1 N–H and O–H groups in total. The molecular formula is C22H31N3O4. The summed E-state index contributed by atoms with van der Waals surface area (Å²) in [5.74, 6) is 0.930. The highest BCUT2D eigenvalue weighted by Gasteiger charge is 2.46. The Morgan fingerprint density at radius 1 is 1.21 bits per heavy atom. The smallest absolute Gasteiger partial charge is 0.245 e. The predicted molar refractivity (Wildman–Crippen MR) is 109 cm³/mol. The summed E-state index contributed by atoms with van der Waals surface area (Å²) in [6.07, 6.45) is 1.58. The normalized spacial score (nSPS) is 23.9. The van der Waals surface area contributed by atoms with Gasteiger partial charge in [-0.25, -0.2) is 0 Å². The fourth-order valence-electron chi connectivity index (χ4n) is 4.40. The van der Waals surface area contributed by atoms with Crippen molar-refractivity contribution in [3.8, 4) is 5.75 Å². The number of carbonyl (C=O) groups excluding carboxylic acids is 3. The number of nitrogens with zero attached hydrogens (tertiary/aromatic N) is 2. The Labute approximate surface area is 172 Å². The Morgan fingerprint density at radius 3 is 2.48 bits per heavy atom. The fourth-order valence-corrected chi connectivity index (χ4v) is 4.40. The van der Waals surface area contributed by atoms with Gasteiger partial charge < -0.3 is 19.9 Å². The maximum absolute atomic E-state index is 13.2. The van der Waals surface area contributed by atoms with E-state index in [1.165, 1.54) is 6.92 Å². The van der Waals surface area contributed by atoms with Crippen molar-refractivity contribution in [2.45, 2.75) is 58.2 Å². The van der Waals surface area contributed by atoms with Crippen LogP contribution in [0, 0.1) is 5.92 Å². The Morgan fingerprint density at radius 2 is 1.90 bits per heavy atom. The predicted octanol–water partition coefficient (Wildman–Crippen LogP) is 1.60.